The molecule has 44 heavy (non-hydrogen) atoms. The number of hydrogen-bond donors (Lipinski definition) is 4. The number of halogens is 4. The van der Waals surface area contributed by atoms with Crippen LogP contribution in [0.5, 0.6) is 0 Å². The van der Waals surface area contributed by atoms with Gasteiger partial charge in [-0.15, -0.1) is 12.8 Å². The Morgan fingerprint density at radius 1 is 1.25 bits per heavy atom. The number of aromatic amines is 1. The van der Waals surface area contributed by atoms with Gasteiger partial charge >= 0.3 is 12.1 Å². The van der Waals surface area contributed by atoms with E-state index in [9.17, 15) is 22.2 Å². The summed E-state index contributed by atoms with van der Waals surface area (Å²) in [4.78, 5) is 28.8. The van der Waals surface area contributed by atoms with Gasteiger partial charge in [0.2, 0.25) is 11.9 Å². The molecule has 0 saturated carbocycles. The second-order valence-corrected chi connectivity index (χ2v) is 12.0. The molecular formula is C30H32BrF3N4O4S2. The van der Waals surface area contributed by atoms with Crippen molar-refractivity contribution in [2.45, 2.75) is 45.0 Å². The van der Waals surface area contributed by atoms with Gasteiger partial charge in [-0.2, -0.15) is 13.2 Å². The van der Waals surface area contributed by atoms with E-state index < -0.39 is 23.1 Å². The first-order valence-corrected chi connectivity index (χ1v) is 15.5. The largest absolute Gasteiger partial charge is 0.490 e. The van der Waals surface area contributed by atoms with Crippen LogP contribution in [0.3, 0.4) is 0 Å². The summed E-state index contributed by atoms with van der Waals surface area (Å²) >= 11 is 5.00. The Morgan fingerprint density at radius 3 is 2.41 bits per heavy atom. The Bertz CT molecular complexity index is 1480. The quantitative estimate of drug-likeness (QED) is 0.112. The Hall–Kier alpha value is -3.80. The zero-order chi connectivity index (χ0) is 33.3. The van der Waals surface area contributed by atoms with Crippen LogP contribution in [0.1, 0.15) is 43.1 Å². The fourth-order valence-corrected chi connectivity index (χ4v) is 5.92. The number of aliphatic carboxylic acids is 1. The molecule has 1 aliphatic heterocycles. The number of anilines is 1. The number of imidazole rings is 1. The number of H-pyrrole nitrogens is 1. The van der Waals surface area contributed by atoms with E-state index in [1.807, 2.05) is 56.4 Å². The molecule has 1 fully saturated rings. The number of nitrogens with one attached hydrogen (secondary N) is 3. The fraction of sp³-hybridized carbons (Fsp3) is 0.233. The third-order valence-electron chi connectivity index (χ3n) is 5.34. The van der Waals surface area contributed by atoms with Crippen LogP contribution in [0.25, 0.3) is 11.3 Å². The number of aromatic nitrogens is 2. The highest BCUT2D eigenvalue weighted by molar-refractivity contribution is 9.10. The third kappa shape index (κ3) is 13.7. The molecule has 8 nitrogen and oxygen atoms in total. The van der Waals surface area contributed by atoms with Crippen LogP contribution in [0, 0.1) is 19.8 Å². The normalized spacial score (nSPS) is 15.9. The molecule has 1 amide bonds. The van der Waals surface area contributed by atoms with E-state index in [1.54, 1.807) is 11.9 Å². The molecule has 14 heteroatoms. The molecular weight excluding hydrogens is 681 g/mol. The van der Waals surface area contributed by atoms with Gasteiger partial charge in [0.15, 0.2) is 0 Å². The van der Waals surface area contributed by atoms with Crippen molar-refractivity contribution in [1.29, 1.82) is 0 Å². The second-order valence-electron chi connectivity index (χ2n) is 8.68. The number of rotatable bonds is 7. The van der Waals surface area contributed by atoms with E-state index in [-0.39, 0.29) is 11.2 Å². The minimum Gasteiger partial charge on any atom is -0.475 e. The number of carbonyl (C=O) groups excluding carboxylic acids is 1. The van der Waals surface area contributed by atoms with Crippen molar-refractivity contribution in [2.75, 3.05) is 4.72 Å². The molecule has 2 unspecified atom stereocenters. The summed E-state index contributed by atoms with van der Waals surface area (Å²) in [6.45, 7) is 6.11. The average Bonchev–Trinajstić information content (AvgIpc) is 3.59. The number of carboxylic acid groups (broad SMARTS) is 1. The summed E-state index contributed by atoms with van der Waals surface area (Å²) in [6.07, 6.45) is 12.4. The number of aryl methyl sites for hydroxylation is 1. The van der Waals surface area contributed by atoms with Gasteiger partial charge in [0.05, 0.1) is 17.1 Å². The highest BCUT2D eigenvalue weighted by Gasteiger charge is 2.38. The summed E-state index contributed by atoms with van der Waals surface area (Å²) in [5, 5.41) is 6.90. The number of carbonyl (C=O) groups is 2. The summed E-state index contributed by atoms with van der Waals surface area (Å²) in [5.74, 6) is -2.13. The highest BCUT2D eigenvalue weighted by atomic mass is 79.9. The molecule has 4 N–H and O–H groups in total. The monoisotopic (exact) mass is 712 g/mol. The van der Waals surface area contributed by atoms with Crippen molar-refractivity contribution in [3.63, 3.8) is 0 Å². The van der Waals surface area contributed by atoms with Crippen molar-refractivity contribution in [1.82, 2.24) is 14.7 Å². The lowest BCUT2D eigenvalue weighted by molar-refractivity contribution is -0.192. The molecule has 2 aromatic carbocycles. The Balaban J connectivity index is 0.000000355. The number of benzene rings is 2. The van der Waals surface area contributed by atoms with Crippen molar-refractivity contribution in [3.05, 3.63) is 93.5 Å². The van der Waals surface area contributed by atoms with Gasteiger partial charge in [0, 0.05) is 10.9 Å². The number of nitrogens with zero attached hydrogens (tertiary/aromatic N) is 1. The predicted octanol–water partition coefficient (Wildman–Crippen LogP) is 7.87. The van der Waals surface area contributed by atoms with Crippen LogP contribution in [-0.2, 0) is 20.6 Å². The van der Waals surface area contributed by atoms with Crippen molar-refractivity contribution in [3.8, 4) is 24.1 Å². The topological polar surface area (TPSA) is 124 Å². The minimum absolute atomic E-state index is 0.147. The van der Waals surface area contributed by atoms with E-state index in [2.05, 4.69) is 85.5 Å². The molecule has 1 aliphatic rings. The smallest absolute Gasteiger partial charge is 0.475 e. The Labute approximate surface area is 269 Å². The van der Waals surface area contributed by atoms with Crippen LogP contribution < -0.4 is 9.44 Å². The van der Waals surface area contributed by atoms with Crippen LogP contribution in [0.4, 0.5) is 19.1 Å². The van der Waals surface area contributed by atoms with Gasteiger partial charge in [0.25, 0.3) is 0 Å². The van der Waals surface area contributed by atoms with Gasteiger partial charge in [-0.05, 0) is 66.8 Å². The number of carboxylic acids is 1. The minimum atomic E-state index is -5.08. The summed E-state index contributed by atoms with van der Waals surface area (Å²) in [5.41, 5.74) is 4.22. The molecule has 236 valence electrons. The van der Waals surface area contributed by atoms with Gasteiger partial charge in [0.1, 0.15) is 11.0 Å². The van der Waals surface area contributed by atoms with Crippen LogP contribution in [0.15, 0.2) is 82.3 Å². The first-order valence-electron chi connectivity index (χ1n) is 12.7. The first kappa shape index (κ1) is 38.2. The lowest BCUT2D eigenvalue weighted by atomic mass is 10.1. The van der Waals surface area contributed by atoms with Gasteiger partial charge in [-0.25, -0.2) is 14.0 Å². The predicted molar refractivity (Wildman–Crippen MR) is 175 cm³/mol. The summed E-state index contributed by atoms with van der Waals surface area (Å²) < 4.78 is 49.9. The number of hydrogen-bond acceptors (Lipinski definition) is 6. The van der Waals surface area contributed by atoms with Crippen molar-refractivity contribution in [2.24, 2.45) is 0 Å². The molecule has 2 heterocycles. The Morgan fingerprint density at radius 2 is 1.89 bits per heavy atom. The molecule has 1 saturated heterocycles. The number of alkyl halides is 3. The van der Waals surface area contributed by atoms with Crippen LogP contribution in [-0.4, -0.2) is 37.3 Å². The third-order valence-corrected chi connectivity index (χ3v) is 8.17. The number of allylic oxidation sites excluding steroid dienone is 4. The summed E-state index contributed by atoms with van der Waals surface area (Å²) in [7, 11) is -1.29. The van der Waals surface area contributed by atoms with E-state index in [4.69, 9.17) is 9.90 Å². The maximum absolute atomic E-state index is 11.6. The molecule has 0 bridgehead atoms. The van der Waals surface area contributed by atoms with Gasteiger partial charge < -0.3 is 10.1 Å². The lowest BCUT2D eigenvalue weighted by Crippen LogP contribution is -2.21. The zero-order valence-electron chi connectivity index (χ0n) is 24.0. The summed E-state index contributed by atoms with van der Waals surface area (Å²) in [6, 6.07) is 16.0. The van der Waals surface area contributed by atoms with E-state index in [0.717, 1.165) is 39.2 Å². The van der Waals surface area contributed by atoms with Crippen molar-refractivity contribution >= 4 is 56.7 Å². The molecule has 3 aromatic rings. The van der Waals surface area contributed by atoms with E-state index in [1.165, 1.54) is 4.91 Å². The lowest BCUT2D eigenvalue weighted by Gasteiger charge is -2.09. The molecule has 4 rings (SSSR count). The fourth-order valence-electron chi connectivity index (χ4n) is 3.27. The highest BCUT2D eigenvalue weighted by Crippen LogP contribution is 2.33. The SMILES string of the molecule is C#C.C/C=C\C/C=C(\C)SNc1ncc(-c2ccccc2)[nH]1.Cc1ccc(C2CC(=O)NS2=O)c(Br)c1.O=C(O)C(F)(F)F. The van der Waals surface area contributed by atoms with Crippen LogP contribution >= 0.6 is 27.9 Å². The van der Waals surface area contributed by atoms with Gasteiger partial charge in [-0.1, -0.05) is 76.6 Å². The zero-order valence-corrected chi connectivity index (χ0v) is 27.2. The molecule has 2 atom stereocenters. The van der Waals surface area contributed by atoms with E-state index in [0.29, 0.717) is 6.42 Å². The van der Waals surface area contributed by atoms with Crippen LogP contribution in [0.2, 0.25) is 0 Å². The average molecular weight is 714 g/mol. The molecule has 0 aliphatic carbocycles. The Kier molecular flexibility index (Phi) is 16.9. The standard InChI is InChI=1S/C16H19N3S.C10H10BrNO2S.C2HF3O2.C2H2/c1-3-4-6-9-13(2)20-19-16-17-12-15(18-16)14-10-7-5-8-11-14;1-6-2-3-7(8(11)4-6)9-5-10(13)12-15(9)14;3-2(4,5)1(6)7;1-2/h3-5,7-12H,6H2,1-2H3,(H2,17,18,19);2-4,9H,5H2,1H3,(H,12,13);(H,6,7);1-2H/b4-3-,13-9+;;;. The van der Waals surface area contributed by atoms with Gasteiger partial charge in [-0.3, -0.25) is 14.2 Å². The number of terminal acetylenes is 1. The van der Waals surface area contributed by atoms with E-state index >= 15 is 0 Å². The first-order chi connectivity index (χ1) is 20.8. The molecule has 1 aromatic heterocycles. The maximum Gasteiger partial charge on any atom is 0.490 e. The maximum atomic E-state index is 11.6. The number of amides is 1. The van der Waals surface area contributed by atoms with Crippen molar-refractivity contribution < 1.29 is 32.1 Å². The second kappa shape index (κ2) is 19.5. The molecule has 0 spiro atoms. The molecule has 0 radical (unpaired) electrons.